The molecule has 0 aliphatic carbocycles. The van der Waals surface area contributed by atoms with Gasteiger partial charge in [-0.05, 0) is 37.6 Å². The Kier molecular flexibility index (Phi) is 4.60. The summed E-state index contributed by atoms with van der Waals surface area (Å²) in [5.74, 6) is -0.827. The van der Waals surface area contributed by atoms with Crippen LogP contribution in [0.3, 0.4) is 0 Å². The Balaban J connectivity index is 2.04. The molecule has 0 heterocycles. The van der Waals surface area contributed by atoms with E-state index in [9.17, 15) is 9.59 Å². The van der Waals surface area contributed by atoms with Crippen LogP contribution in [0.25, 0.3) is 0 Å². The van der Waals surface area contributed by atoms with Gasteiger partial charge >= 0.3 is 0 Å². The number of hydrogen-bond acceptors (Lipinski definition) is 2. The molecule has 0 radical (unpaired) electrons. The summed E-state index contributed by atoms with van der Waals surface area (Å²) >= 11 is 5.92. The number of carbonyl (C=O) groups is 2. The third-order valence-corrected chi connectivity index (χ3v) is 3.36. The van der Waals surface area contributed by atoms with Crippen LogP contribution in [-0.2, 0) is 0 Å². The fraction of sp³-hybridized carbons (Fsp3) is 0.125. The highest BCUT2D eigenvalue weighted by Gasteiger charge is 2.12. The molecule has 0 atom stereocenters. The van der Waals surface area contributed by atoms with Crippen molar-refractivity contribution in [2.24, 2.45) is 0 Å². The number of hydrazine groups is 1. The Labute approximate surface area is 128 Å². The highest BCUT2D eigenvalue weighted by Crippen LogP contribution is 2.14. The lowest BCUT2D eigenvalue weighted by molar-refractivity contribution is 0.0846. The fourth-order valence-electron chi connectivity index (χ4n) is 1.96. The number of amides is 2. The molecule has 21 heavy (non-hydrogen) atoms. The largest absolute Gasteiger partial charge is 0.271 e. The molecule has 0 bridgehead atoms. The zero-order chi connectivity index (χ0) is 15.4. The van der Waals surface area contributed by atoms with Crippen molar-refractivity contribution in [2.75, 3.05) is 0 Å². The van der Waals surface area contributed by atoms with E-state index < -0.39 is 5.91 Å². The third-order valence-electron chi connectivity index (χ3n) is 3.03. The number of rotatable bonds is 2. The minimum atomic E-state index is -0.460. The maximum atomic E-state index is 12.0. The van der Waals surface area contributed by atoms with Gasteiger partial charge in [0.15, 0.2) is 0 Å². The van der Waals surface area contributed by atoms with Gasteiger partial charge in [0.05, 0.1) is 10.6 Å². The zero-order valence-electron chi connectivity index (χ0n) is 11.7. The van der Waals surface area contributed by atoms with Crippen molar-refractivity contribution in [3.05, 3.63) is 69.7 Å². The summed E-state index contributed by atoms with van der Waals surface area (Å²) in [7, 11) is 0. The topological polar surface area (TPSA) is 58.2 Å². The zero-order valence-corrected chi connectivity index (χ0v) is 12.5. The maximum absolute atomic E-state index is 12.0. The molecule has 0 aromatic heterocycles. The summed E-state index contributed by atoms with van der Waals surface area (Å²) in [6.45, 7) is 3.80. The lowest BCUT2D eigenvalue weighted by atomic mass is 10.1. The van der Waals surface area contributed by atoms with Crippen LogP contribution in [0, 0.1) is 13.8 Å². The Morgan fingerprint density at radius 1 is 0.905 bits per heavy atom. The molecule has 5 heteroatoms. The smallest absolute Gasteiger partial charge is 0.267 e. The van der Waals surface area contributed by atoms with E-state index in [0.717, 1.165) is 11.1 Å². The average Bonchev–Trinajstić information content (AvgIpc) is 2.45. The first-order valence-corrected chi connectivity index (χ1v) is 6.79. The standard InChI is InChI=1S/C16H15ClN2O2/c1-10-7-8-12(11(2)9-10)15(20)18-19-16(21)13-5-3-4-6-14(13)17/h3-9H,1-2H3,(H,18,20)(H,19,21). The van der Waals surface area contributed by atoms with Crippen molar-refractivity contribution in [2.45, 2.75) is 13.8 Å². The van der Waals surface area contributed by atoms with E-state index >= 15 is 0 Å². The third kappa shape index (κ3) is 3.61. The second kappa shape index (κ2) is 6.41. The normalized spacial score (nSPS) is 10.0. The van der Waals surface area contributed by atoms with E-state index in [1.807, 2.05) is 26.0 Å². The molecule has 2 aromatic carbocycles. The van der Waals surface area contributed by atoms with Gasteiger partial charge in [0.2, 0.25) is 0 Å². The van der Waals surface area contributed by atoms with E-state index in [-0.39, 0.29) is 5.91 Å². The quantitative estimate of drug-likeness (QED) is 0.838. The van der Waals surface area contributed by atoms with Gasteiger partial charge in [-0.1, -0.05) is 41.4 Å². The number of carbonyl (C=O) groups excluding carboxylic acids is 2. The SMILES string of the molecule is Cc1ccc(C(=O)NNC(=O)c2ccccc2Cl)c(C)c1. The molecule has 2 rings (SSSR count). The molecule has 0 unspecified atom stereocenters. The van der Waals surface area contributed by atoms with E-state index in [1.165, 1.54) is 0 Å². The van der Waals surface area contributed by atoms with Crippen LogP contribution in [0.1, 0.15) is 31.8 Å². The molecule has 4 nitrogen and oxygen atoms in total. The van der Waals surface area contributed by atoms with Crippen molar-refractivity contribution in [1.29, 1.82) is 0 Å². The second-order valence-corrected chi connectivity index (χ2v) is 5.11. The van der Waals surface area contributed by atoms with Crippen molar-refractivity contribution in [3.63, 3.8) is 0 Å². The number of halogens is 1. The summed E-state index contributed by atoms with van der Waals surface area (Å²) in [5, 5.41) is 0.329. The molecule has 0 fully saturated rings. The van der Waals surface area contributed by atoms with Gasteiger partial charge in [-0.2, -0.15) is 0 Å². The Morgan fingerprint density at radius 2 is 1.52 bits per heavy atom. The van der Waals surface area contributed by atoms with Gasteiger partial charge in [0.25, 0.3) is 11.8 Å². The molecule has 0 spiro atoms. The fourth-order valence-corrected chi connectivity index (χ4v) is 2.18. The van der Waals surface area contributed by atoms with Crippen LogP contribution in [-0.4, -0.2) is 11.8 Å². The lowest BCUT2D eigenvalue weighted by Crippen LogP contribution is -2.42. The number of benzene rings is 2. The Hall–Kier alpha value is -2.33. The monoisotopic (exact) mass is 302 g/mol. The van der Waals surface area contributed by atoms with E-state index in [0.29, 0.717) is 16.1 Å². The van der Waals surface area contributed by atoms with Crippen molar-refractivity contribution < 1.29 is 9.59 Å². The first-order valence-electron chi connectivity index (χ1n) is 6.41. The molecule has 2 amide bonds. The molecule has 0 aliphatic rings. The van der Waals surface area contributed by atoms with Gasteiger partial charge in [-0.15, -0.1) is 0 Å². The molecular formula is C16H15ClN2O2. The molecular weight excluding hydrogens is 288 g/mol. The predicted octanol–water partition coefficient (Wildman–Crippen LogP) is 3.03. The minimum Gasteiger partial charge on any atom is -0.267 e. The molecule has 0 aliphatic heterocycles. The van der Waals surface area contributed by atoms with E-state index in [1.54, 1.807) is 30.3 Å². The van der Waals surface area contributed by atoms with Crippen molar-refractivity contribution in [1.82, 2.24) is 10.9 Å². The summed E-state index contributed by atoms with van der Waals surface area (Å²) in [4.78, 5) is 24.0. The number of nitrogens with one attached hydrogen (secondary N) is 2. The van der Waals surface area contributed by atoms with Crippen LogP contribution in [0.2, 0.25) is 5.02 Å². The molecule has 2 N–H and O–H groups in total. The van der Waals surface area contributed by atoms with Gasteiger partial charge in [0, 0.05) is 5.56 Å². The minimum absolute atomic E-state index is 0.306. The van der Waals surface area contributed by atoms with Crippen LogP contribution < -0.4 is 10.9 Å². The second-order valence-electron chi connectivity index (χ2n) is 4.71. The van der Waals surface area contributed by atoms with Gasteiger partial charge in [0.1, 0.15) is 0 Å². The van der Waals surface area contributed by atoms with E-state index in [2.05, 4.69) is 10.9 Å². The van der Waals surface area contributed by atoms with Gasteiger partial charge in [-0.3, -0.25) is 20.4 Å². The summed E-state index contributed by atoms with van der Waals surface area (Å²) < 4.78 is 0. The highest BCUT2D eigenvalue weighted by molar-refractivity contribution is 6.33. The highest BCUT2D eigenvalue weighted by atomic mass is 35.5. The lowest BCUT2D eigenvalue weighted by Gasteiger charge is -2.10. The Bertz CT molecular complexity index is 698. The molecule has 0 saturated heterocycles. The van der Waals surface area contributed by atoms with Crippen LogP contribution in [0.15, 0.2) is 42.5 Å². The van der Waals surface area contributed by atoms with Crippen LogP contribution >= 0.6 is 11.6 Å². The van der Waals surface area contributed by atoms with E-state index in [4.69, 9.17) is 11.6 Å². The molecule has 0 saturated carbocycles. The van der Waals surface area contributed by atoms with Gasteiger partial charge in [-0.25, -0.2) is 0 Å². The summed E-state index contributed by atoms with van der Waals surface area (Å²) in [5.41, 5.74) is 7.48. The van der Waals surface area contributed by atoms with Gasteiger partial charge < -0.3 is 0 Å². The first-order chi connectivity index (χ1) is 9.99. The van der Waals surface area contributed by atoms with Crippen LogP contribution in [0.5, 0.6) is 0 Å². The predicted molar refractivity (Wildman–Crippen MR) is 82.3 cm³/mol. The molecule has 2 aromatic rings. The van der Waals surface area contributed by atoms with Crippen molar-refractivity contribution in [3.8, 4) is 0 Å². The maximum Gasteiger partial charge on any atom is 0.271 e. The first kappa shape index (κ1) is 15.1. The number of hydrogen-bond donors (Lipinski definition) is 2. The Morgan fingerprint density at radius 3 is 2.14 bits per heavy atom. The summed E-state index contributed by atoms with van der Waals surface area (Å²) in [6, 6.07) is 12.1. The van der Waals surface area contributed by atoms with Crippen molar-refractivity contribution >= 4 is 23.4 Å². The number of aryl methyl sites for hydroxylation is 2. The van der Waals surface area contributed by atoms with Crippen LogP contribution in [0.4, 0.5) is 0 Å². The average molecular weight is 303 g/mol. The summed E-state index contributed by atoms with van der Waals surface area (Å²) in [6.07, 6.45) is 0. The molecule has 108 valence electrons.